The molecule has 0 aromatic rings. The third-order valence-electron chi connectivity index (χ3n) is 9.25. The van der Waals surface area contributed by atoms with Gasteiger partial charge < -0.3 is 61.6 Å². The number of ether oxygens (including phenoxy) is 13. The smallest absolute Gasteiger partial charge is 0.0701 e. The quantitative estimate of drug-likeness (QED) is 0.0547. The molecule has 0 bridgehead atoms. The van der Waals surface area contributed by atoms with Crippen molar-refractivity contribution in [3.8, 4) is 0 Å². The number of rotatable bonds is 56. The van der Waals surface area contributed by atoms with Crippen LogP contribution in [0.1, 0.15) is 129 Å². The maximum atomic E-state index is 5.69. The lowest BCUT2D eigenvalue weighted by Crippen LogP contribution is -2.15. The lowest BCUT2D eigenvalue weighted by Gasteiger charge is -2.09. The van der Waals surface area contributed by atoms with Crippen molar-refractivity contribution in [3.05, 3.63) is 0 Å². The van der Waals surface area contributed by atoms with Gasteiger partial charge in [-0.15, -0.1) is 0 Å². The Morgan fingerprint density at radius 1 is 0.136 bits per heavy atom. The van der Waals surface area contributed by atoms with Gasteiger partial charge in [0.15, 0.2) is 0 Å². The van der Waals surface area contributed by atoms with E-state index in [0.717, 1.165) is 26.1 Å². The van der Waals surface area contributed by atoms with Gasteiger partial charge in [0.1, 0.15) is 0 Å². The molecule has 13 heteroatoms. The van der Waals surface area contributed by atoms with Gasteiger partial charge in [-0.3, -0.25) is 0 Å². The molecule has 13 nitrogen and oxygen atoms in total. The molecule has 0 spiro atoms. The van der Waals surface area contributed by atoms with Crippen LogP contribution >= 0.6 is 0 Å². The molecule has 0 N–H and O–H groups in total. The summed E-state index contributed by atoms with van der Waals surface area (Å²) in [7, 11) is 0. The van der Waals surface area contributed by atoms with E-state index in [1.54, 1.807) is 0 Å². The van der Waals surface area contributed by atoms with Crippen molar-refractivity contribution >= 4 is 0 Å². The minimum atomic E-state index is 0.517. The van der Waals surface area contributed by atoms with Crippen LogP contribution in [-0.4, -0.2) is 172 Å². The molecule has 0 aromatic heterocycles. The number of hydrogen-bond acceptors (Lipinski definition) is 13. The molecule has 0 aliphatic rings. The van der Waals surface area contributed by atoms with Crippen LogP contribution in [0.15, 0.2) is 0 Å². The molecule has 0 atom stereocenters. The van der Waals surface area contributed by atoms with Crippen LogP contribution in [0.4, 0.5) is 0 Å². The Kier molecular flexibility index (Phi) is 57.0. The van der Waals surface area contributed by atoms with E-state index in [-0.39, 0.29) is 0 Å². The average molecular weight is 855 g/mol. The van der Waals surface area contributed by atoms with Crippen molar-refractivity contribution in [3.63, 3.8) is 0 Å². The zero-order valence-corrected chi connectivity index (χ0v) is 38.4. The van der Waals surface area contributed by atoms with E-state index in [1.807, 2.05) is 0 Å². The standard InChI is InChI=1S/C46H94O13/c1-3-5-7-9-10-11-12-13-14-15-16-17-18-20-22-48-24-26-50-28-30-52-32-34-54-36-38-56-40-42-58-44-46-59-45-43-57-41-39-55-37-35-53-33-31-51-29-27-49-25-23-47-21-19-8-6-4-2/h3-46H2,1-2H3. The molecule has 59 heavy (non-hydrogen) atoms. The summed E-state index contributed by atoms with van der Waals surface area (Å²) in [6.45, 7) is 19.3. The molecular weight excluding hydrogens is 760 g/mol. The van der Waals surface area contributed by atoms with Crippen LogP contribution in [-0.2, 0) is 61.6 Å². The molecule has 0 aromatic carbocycles. The molecule has 0 rings (SSSR count). The molecule has 0 saturated carbocycles. The van der Waals surface area contributed by atoms with Crippen LogP contribution in [0.3, 0.4) is 0 Å². The normalized spacial score (nSPS) is 11.7. The highest BCUT2D eigenvalue weighted by Gasteiger charge is 1.99. The van der Waals surface area contributed by atoms with Crippen molar-refractivity contribution in [1.29, 1.82) is 0 Å². The second kappa shape index (κ2) is 57.5. The van der Waals surface area contributed by atoms with Crippen LogP contribution in [0.5, 0.6) is 0 Å². The second-order valence-electron chi connectivity index (χ2n) is 14.6. The van der Waals surface area contributed by atoms with Gasteiger partial charge in [0.2, 0.25) is 0 Å². The topological polar surface area (TPSA) is 120 Å². The van der Waals surface area contributed by atoms with Gasteiger partial charge in [-0.2, -0.15) is 0 Å². The molecule has 0 amide bonds. The highest BCUT2D eigenvalue weighted by atomic mass is 16.6. The Hall–Kier alpha value is -0.520. The average Bonchev–Trinajstić information content (AvgIpc) is 3.25. The zero-order valence-electron chi connectivity index (χ0n) is 38.4. The van der Waals surface area contributed by atoms with Crippen molar-refractivity contribution in [1.82, 2.24) is 0 Å². The van der Waals surface area contributed by atoms with Gasteiger partial charge in [-0.25, -0.2) is 0 Å². The Morgan fingerprint density at radius 2 is 0.254 bits per heavy atom. The zero-order chi connectivity index (χ0) is 42.3. The Bertz CT molecular complexity index is 654. The number of hydrogen-bond donors (Lipinski definition) is 0. The summed E-state index contributed by atoms with van der Waals surface area (Å²) in [6.07, 6.45) is 24.1. The van der Waals surface area contributed by atoms with Crippen molar-refractivity contribution in [2.24, 2.45) is 0 Å². The minimum absolute atomic E-state index is 0.517. The third kappa shape index (κ3) is 57.5. The molecular formula is C46H94O13. The van der Waals surface area contributed by atoms with Crippen molar-refractivity contribution in [2.45, 2.75) is 129 Å². The molecule has 0 saturated heterocycles. The van der Waals surface area contributed by atoms with Crippen LogP contribution in [0.2, 0.25) is 0 Å². The summed E-state index contributed by atoms with van der Waals surface area (Å²) < 4.78 is 72.0. The summed E-state index contributed by atoms with van der Waals surface area (Å²) >= 11 is 0. The molecule has 356 valence electrons. The highest BCUT2D eigenvalue weighted by molar-refractivity contribution is 4.50. The van der Waals surface area contributed by atoms with E-state index in [9.17, 15) is 0 Å². The Balaban J connectivity index is 3.06. The first-order chi connectivity index (χ1) is 29.4. The molecule has 0 heterocycles. The summed E-state index contributed by atoms with van der Waals surface area (Å²) in [6, 6.07) is 0. The van der Waals surface area contributed by atoms with E-state index in [4.69, 9.17) is 61.6 Å². The number of unbranched alkanes of at least 4 members (excludes halogenated alkanes) is 16. The minimum Gasteiger partial charge on any atom is -0.379 e. The monoisotopic (exact) mass is 855 g/mol. The third-order valence-corrected chi connectivity index (χ3v) is 9.25. The largest absolute Gasteiger partial charge is 0.379 e. The van der Waals surface area contributed by atoms with Gasteiger partial charge >= 0.3 is 0 Å². The summed E-state index contributed by atoms with van der Waals surface area (Å²) in [5, 5.41) is 0. The van der Waals surface area contributed by atoms with E-state index in [2.05, 4.69) is 13.8 Å². The van der Waals surface area contributed by atoms with Gasteiger partial charge in [-0.1, -0.05) is 117 Å². The first-order valence-corrected chi connectivity index (χ1v) is 23.9. The summed E-state index contributed by atoms with van der Waals surface area (Å²) in [4.78, 5) is 0. The summed E-state index contributed by atoms with van der Waals surface area (Å²) in [5.74, 6) is 0. The predicted octanol–water partition coefficient (Wildman–Crippen LogP) is 8.26. The maximum absolute atomic E-state index is 5.69. The van der Waals surface area contributed by atoms with E-state index in [1.165, 1.54) is 103 Å². The second-order valence-corrected chi connectivity index (χ2v) is 14.6. The Morgan fingerprint density at radius 3 is 0.424 bits per heavy atom. The lowest BCUT2D eigenvalue weighted by atomic mass is 10.0. The van der Waals surface area contributed by atoms with Crippen molar-refractivity contribution in [2.75, 3.05) is 172 Å². The predicted molar refractivity (Wildman–Crippen MR) is 235 cm³/mol. The highest BCUT2D eigenvalue weighted by Crippen LogP contribution is 2.13. The van der Waals surface area contributed by atoms with Gasteiger partial charge in [0, 0.05) is 13.2 Å². The molecule has 0 fully saturated rings. The lowest BCUT2D eigenvalue weighted by molar-refractivity contribution is -0.0290. The van der Waals surface area contributed by atoms with E-state index < -0.39 is 0 Å². The van der Waals surface area contributed by atoms with Gasteiger partial charge in [0.05, 0.1) is 159 Å². The Labute approximate surface area is 362 Å². The van der Waals surface area contributed by atoms with Crippen LogP contribution in [0, 0.1) is 0 Å². The van der Waals surface area contributed by atoms with E-state index in [0.29, 0.717) is 159 Å². The molecule has 0 aliphatic heterocycles. The molecule has 0 radical (unpaired) electrons. The van der Waals surface area contributed by atoms with Gasteiger partial charge in [0.25, 0.3) is 0 Å². The van der Waals surface area contributed by atoms with Crippen LogP contribution in [0.25, 0.3) is 0 Å². The fourth-order valence-corrected chi connectivity index (χ4v) is 5.77. The van der Waals surface area contributed by atoms with Crippen molar-refractivity contribution < 1.29 is 61.6 Å². The first kappa shape index (κ1) is 58.5. The fraction of sp³-hybridized carbons (Fsp3) is 1.00. The SMILES string of the molecule is CCCCCCCCCCCCCCCCOCCOCCOCCOCCOCCOCCOCCOCCOCCOCCOCCOCCOCCCCCC. The van der Waals surface area contributed by atoms with Crippen LogP contribution < -0.4 is 0 Å². The molecule has 0 unspecified atom stereocenters. The summed E-state index contributed by atoms with van der Waals surface area (Å²) in [5.41, 5.74) is 0. The maximum Gasteiger partial charge on any atom is 0.0701 e. The fourth-order valence-electron chi connectivity index (χ4n) is 5.77. The van der Waals surface area contributed by atoms with Gasteiger partial charge in [-0.05, 0) is 12.8 Å². The molecule has 0 aliphatic carbocycles. The first-order valence-electron chi connectivity index (χ1n) is 23.9. The van der Waals surface area contributed by atoms with E-state index >= 15 is 0 Å².